The third-order valence-electron chi connectivity index (χ3n) is 3.71. The Morgan fingerprint density at radius 3 is 0.833 bits per heavy atom. The first-order valence-corrected chi connectivity index (χ1v) is 9.32. The lowest BCUT2D eigenvalue weighted by atomic mass is 10.1. The molecule has 0 radical (unpaired) electrons. The van der Waals surface area contributed by atoms with Crippen molar-refractivity contribution in [1.29, 1.82) is 0 Å². The molecular weight excluding hydrogens is 288 g/mol. The van der Waals surface area contributed by atoms with Crippen molar-refractivity contribution in [1.82, 2.24) is 0 Å². The summed E-state index contributed by atoms with van der Waals surface area (Å²) in [6, 6.07) is 0. The largest absolute Gasteiger partial charge is 0.0845 e. The van der Waals surface area contributed by atoms with E-state index in [9.17, 15) is 0 Å². The average Bonchev–Trinajstić information content (AvgIpc) is 2.59. The lowest BCUT2D eigenvalue weighted by Gasteiger charge is -1.99. The molecular formula is C24H32. The van der Waals surface area contributed by atoms with Gasteiger partial charge in [0.1, 0.15) is 0 Å². The highest BCUT2D eigenvalue weighted by Crippen LogP contribution is 2.09. The van der Waals surface area contributed by atoms with Gasteiger partial charge >= 0.3 is 0 Å². The Kier molecular flexibility index (Phi) is 14.4. The van der Waals surface area contributed by atoms with Crippen LogP contribution in [0.3, 0.4) is 0 Å². The van der Waals surface area contributed by atoms with E-state index in [-0.39, 0.29) is 0 Å². The third kappa shape index (κ3) is 14.8. The second kappa shape index (κ2) is 17.3. The topological polar surface area (TPSA) is 0 Å². The summed E-state index contributed by atoms with van der Waals surface area (Å²) in [5.41, 5.74) is 0. The quantitative estimate of drug-likeness (QED) is 0.431. The van der Waals surface area contributed by atoms with Gasteiger partial charge in [0.25, 0.3) is 0 Å². The van der Waals surface area contributed by atoms with Crippen molar-refractivity contribution in [3.63, 3.8) is 0 Å². The first kappa shape index (κ1) is 20.0. The summed E-state index contributed by atoms with van der Waals surface area (Å²) in [4.78, 5) is 0. The van der Waals surface area contributed by atoms with Crippen molar-refractivity contribution in [3.05, 3.63) is 97.2 Å². The van der Waals surface area contributed by atoms with Crippen LogP contribution in [0.2, 0.25) is 0 Å². The molecule has 1 aliphatic rings. The van der Waals surface area contributed by atoms with Crippen LogP contribution in [0.25, 0.3) is 0 Å². The van der Waals surface area contributed by atoms with E-state index < -0.39 is 0 Å². The Morgan fingerprint density at radius 1 is 0.250 bits per heavy atom. The Hall–Kier alpha value is -2.08. The van der Waals surface area contributed by atoms with Crippen LogP contribution in [0, 0.1) is 0 Å². The first-order valence-electron chi connectivity index (χ1n) is 9.32. The van der Waals surface area contributed by atoms with Crippen molar-refractivity contribution in [2.75, 3.05) is 0 Å². The summed E-state index contributed by atoms with van der Waals surface area (Å²) in [6.07, 6.45) is 44.0. The van der Waals surface area contributed by atoms with Crippen molar-refractivity contribution >= 4 is 0 Å². The van der Waals surface area contributed by atoms with E-state index in [1.807, 2.05) is 36.5 Å². The molecule has 0 fully saturated rings. The van der Waals surface area contributed by atoms with E-state index >= 15 is 0 Å². The fourth-order valence-corrected chi connectivity index (χ4v) is 2.35. The highest BCUT2D eigenvalue weighted by molar-refractivity contribution is 5.21. The smallest absolute Gasteiger partial charge is 0.0348 e. The fourth-order valence-electron chi connectivity index (χ4n) is 2.35. The minimum absolute atomic E-state index is 1.20. The minimum Gasteiger partial charge on any atom is -0.0845 e. The number of hydrogen-bond donors (Lipinski definition) is 0. The van der Waals surface area contributed by atoms with Crippen LogP contribution < -0.4 is 0 Å². The van der Waals surface area contributed by atoms with Crippen molar-refractivity contribution in [3.8, 4) is 0 Å². The molecule has 0 saturated heterocycles. The van der Waals surface area contributed by atoms with E-state index in [2.05, 4.69) is 60.8 Å². The summed E-state index contributed by atoms with van der Waals surface area (Å²) in [7, 11) is 0. The van der Waals surface area contributed by atoms with Gasteiger partial charge in [-0.25, -0.2) is 0 Å². The molecule has 0 atom stereocenters. The van der Waals surface area contributed by atoms with Crippen LogP contribution in [-0.4, -0.2) is 0 Å². The molecule has 0 aromatic rings. The number of allylic oxidation sites excluding steroid dienone is 16. The monoisotopic (exact) mass is 320 g/mol. The number of hydrogen-bond acceptors (Lipinski definition) is 0. The Labute approximate surface area is 149 Å². The molecule has 0 amide bonds. The molecule has 24 heavy (non-hydrogen) atoms. The van der Waals surface area contributed by atoms with Crippen LogP contribution in [0.15, 0.2) is 97.2 Å². The average molecular weight is 321 g/mol. The lowest BCUT2D eigenvalue weighted by molar-refractivity contribution is 0.600. The van der Waals surface area contributed by atoms with Crippen LogP contribution in [0.5, 0.6) is 0 Å². The van der Waals surface area contributed by atoms with Gasteiger partial charge in [-0.1, -0.05) is 123 Å². The predicted molar refractivity (Wildman–Crippen MR) is 110 cm³/mol. The summed E-state index contributed by atoms with van der Waals surface area (Å²) in [6.45, 7) is 0. The molecule has 0 saturated carbocycles. The van der Waals surface area contributed by atoms with Crippen molar-refractivity contribution in [2.24, 2.45) is 0 Å². The highest BCUT2D eigenvalue weighted by atomic mass is 14.0. The standard InChI is InChI=1S/C24H32/c1-2-4-6-8-10-12-14-16-18-20-22-24-23-21-19-17-15-13-11-9-7-5-3-1/h1-16H,17-24H2. The van der Waals surface area contributed by atoms with Crippen LogP contribution in [0.4, 0.5) is 0 Å². The Bertz CT molecular complexity index is 456. The summed E-state index contributed by atoms with van der Waals surface area (Å²) >= 11 is 0. The summed E-state index contributed by atoms with van der Waals surface area (Å²) in [5, 5.41) is 0. The van der Waals surface area contributed by atoms with Gasteiger partial charge in [0.2, 0.25) is 0 Å². The third-order valence-corrected chi connectivity index (χ3v) is 3.71. The Balaban J connectivity index is 2.42. The molecule has 0 aromatic heterocycles. The molecule has 0 aromatic carbocycles. The van der Waals surface area contributed by atoms with Crippen molar-refractivity contribution in [2.45, 2.75) is 51.4 Å². The number of rotatable bonds is 0. The molecule has 0 nitrogen and oxygen atoms in total. The summed E-state index contributed by atoms with van der Waals surface area (Å²) in [5.74, 6) is 0. The van der Waals surface area contributed by atoms with Gasteiger partial charge in [0.15, 0.2) is 0 Å². The van der Waals surface area contributed by atoms with Gasteiger partial charge < -0.3 is 0 Å². The second-order valence-corrected chi connectivity index (χ2v) is 5.86. The molecule has 1 aliphatic carbocycles. The molecule has 0 heterocycles. The van der Waals surface area contributed by atoms with Gasteiger partial charge in [0.05, 0.1) is 0 Å². The first-order chi connectivity index (χ1) is 12.0. The van der Waals surface area contributed by atoms with Gasteiger partial charge in [-0.15, -0.1) is 0 Å². The zero-order chi connectivity index (χ0) is 17.0. The molecule has 1 rings (SSSR count). The van der Waals surface area contributed by atoms with Crippen LogP contribution >= 0.6 is 0 Å². The van der Waals surface area contributed by atoms with E-state index in [0.29, 0.717) is 0 Å². The maximum atomic E-state index is 2.27. The Morgan fingerprint density at radius 2 is 0.500 bits per heavy atom. The van der Waals surface area contributed by atoms with E-state index in [4.69, 9.17) is 0 Å². The van der Waals surface area contributed by atoms with Crippen LogP contribution in [0.1, 0.15) is 51.4 Å². The van der Waals surface area contributed by atoms with E-state index in [1.54, 1.807) is 0 Å². The lowest BCUT2D eigenvalue weighted by Crippen LogP contribution is -1.79. The highest BCUT2D eigenvalue weighted by Gasteiger charge is 1.89. The van der Waals surface area contributed by atoms with E-state index in [0.717, 1.165) is 0 Å². The minimum atomic E-state index is 1.20. The molecule has 0 spiro atoms. The van der Waals surface area contributed by atoms with Gasteiger partial charge in [-0.2, -0.15) is 0 Å². The SMILES string of the molecule is C1=CC=CC=CC=CCCCCCCCCC=CC=CC=CC=C1. The molecule has 0 N–H and O–H groups in total. The van der Waals surface area contributed by atoms with Gasteiger partial charge in [-0.05, 0) is 25.7 Å². The molecule has 128 valence electrons. The molecule has 0 aliphatic heterocycles. The maximum absolute atomic E-state index is 2.27. The predicted octanol–water partition coefficient (Wildman–Crippen LogP) is 7.57. The second-order valence-electron chi connectivity index (χ2n) is 5.86. The maximum Gasteiger partial charge on any atom is -0.0348 e. The van der Waals surface area contributed by atoms with Gasteiger partial charge in [0, 0.05) is 0 Å². The fraction of sp³-hybridized carbons (Fsp3) is 0.333. The summed E-state index contributed by atoms with van der Waals surface area (Å²) < 4.78 is 0. The van der Waals surface area contributed by atoms with Crippen LogP contribution in [-0.2, 0) is 0 Å². The molecule has 0 bridgehead atoms. The molecule has 0 heteroatoms. The van der Waals surface area contributed by atoms with Crippen molar-refractivity contribution < 1.29 is 0 Å². The zero-order valence-electron chi connectivity index (χ0n) is 14.9. The zero-order valence-corrected chi connectivity index (χ0v) is 14.9. The van der Waals surface area contributed by atoms with Gasteiger partial charge in [-0.3, -0.25) is 0 Å². The molecule has 0 unspecified atom stereocenters. The van der Waals surface area contributed by atoms with E-state index in [1.165, 1.54) is 51.4 Å². The normalized spacial score (nSPS) is 18.7.